The summed E-state index contributed by atoms with van der Waals surface area (Å²) in [5, 5.41) is 6.77. The minimum atomic E-state index is -0.269. The molecular weight excluding hydrogens is 333 g/mol. The van der Waals surface area contributed by atoms with Crippen molar-refractivity contribution in [1.82, 2.24) is 15.5 Å². The highest BCUT2D eigenvalue weighted by Gasteiger charge is 2.10. The Hall–Kier alpha value is -3.02. The Morgan fingerprint density at radius 3 is 2.73 bits per heavy atom. The molecular formula is C20H20FN3O2. The van der Waals surface area contributed by atoms with E-state index in [0.29, 0.717) is 31.1 Å². The highest BCUT2D eigenvalue weighted by atomic mass is 19.1. The fraction of sp³-hybridized carbons (Fsp3) is 0.250. The monoisotopic (exact) mass is 353 g/mol. The van der Waals surface area contributed by atoms with Crippen molar-refractivity contribution in [3.05, 3.63) is 71.4 Å². The Kier molecular flexibility index (Phi) is 5.73. The van der Waals surface area contributed by atoms with Gasteiger partial charge in [-0.15, -0.1) is 0 Å². The highest BCUT2D eigenvalue weighted by molar-refractivity contribution is 5.76. The van der Waals surface area contributed by atoms with E-state index < -0.39 is 0 Å². The zero-order valence-corrected chi connectivity index (χ0v) is 14.5. The van der Waals surface area contributed by atoms with Gasteiger partial charge in [0.2, 0.25) is 17.6 Å². The summed E-state index contributed by atoms with van der Waals surface area (Å²) in [5.74, 6) is 0.582. The lowest BCUT2D eigenvalue weighted by atomic mass is 10.1. The number of rotatable bonds is 7. The smallest absolute Gasteiger partial charge is 0.227 e. The SMILES string of the molecule is Cc1ccc(-c2noc(CCC(=O)NCCc3cccc(F)c3)n2)cc1. The number of carbonyl (C=O) groups is 1. The van der Waals surface area contributed by atoms with Crippen LogP contribution < -0.4 is 5.32 Å². The predicted octanol–water partition coefficient (Wildman–Crippen LogP) is 3.48. The van der Waals surface area contributed by atoms with Crippen molar-refractivity contribution in [1.29, 1.82) is 0 Å². The molecule has 26 heavy (non-hydrogen) atoms. The molecule has 6 heteroatoms. The summed E-state index contributed by atoms with van der Waals surface area (Å²) in [4.78, 5) is 16.2. The molecule has 3 rings (SSSR count). The summed E-state index contributed by atoms with van der Waals surface area (Å²) >= 11 is 0. The Bertz CT molecular complexity index is 875. The van der Waals surface area contributed by atoms with E-state index in [0.717, 1.165) is 16.7 Å². The topological polar surface area (TPSA) is 68.0 Å². The van der Waals surface area contributed by atoms with Crippen LogP contribution in [0, 0.1) is 12.7 Å². The third kappa shape index (κ3) is 4.99. The summed E-state index contributed by atoms with van der Waals surface area (Å²) in [5.41, 5.74) is 2.89. The maximum absolute atomic E-state index is 13.1. The van der Waals surface area contributed by atoms with E-state index in [1.54, 1.807) is 6.07 Å². The number of amides is 1. The molecule has 0 saturated carbocycles. The van der Waals surface area contributed by atoms with Crippen molar-refractivity contribution in [2.75, 3.05) is 6.54 Å². The molecule has 1 N–H and O–H groups in total. The second-order valence-corrected chi connectivity index (χ2v) is 6.11. The maximum Gasteiger partial charge on any atom is 0.227 e. The van der Waals surface area contributed by atoms with Gasteiger partial charge in [-0.1, -0.05) is 47.1 Å². The van der Waals surface area contributed by atoms with Crippen LogP contribution in [0.2, 0.25) is 0 Å². The number of nitrogens with zero attached hydrogens (tertiary/aromatic N) is 2. The van der Waals surface area contributed by atoms with E-state index in [4.69, 9.17) is 4.52 Å². The van der Waals surface area contributed by atoms with Crippen molar-refractivity contribution in [3.63, 3.8) is 0 Å². The number of nitrogens with one attached hydrogen (secondary N) is 1. The van der Waals surface area contributed by atoms with Gasteiger partial charge in [0.25, 0.3) is 0 Å². The molecule has 0 spiro atoms. The van der Waals surface area contributed by atoms with Gasteiger partial charge >= 0.3 is 0 Å². The van der Waals surface area contributed by atoms with Gasteiger partial charge in [-0.3, -0.25) is 4.79 Å². The second kappa shape index (κ2) is 8.38. The van der Waals surface area contributed by atoms with E-state index in [2.05, 4.69) is 15.5 Å². The van der Waals surface area contributed by atoms with Gasteiger partial charge in [0, 0.05) is 24.9 Å². The van der Waals surface area contributed by atoms with Crippen LogP contribution in [-0.4, -0.2) is 22.6 Å². The molecule has 0 fully saturated rings. The molecule has 0 aliphatic rings. The lowest BCUT2D eigenvalue weighted by Gasteiger charge is -2.04. The summed E-state index contributed by atoms with van der Waals surface area (Å²) in [6.45, 7) is 2.47. The first kappa shape index (κ1) is 17.8. The number of hydrogen-bond donors (Lipinski definition) is 1. The van der Waals surface area contributed by atoms with E-state index in [9.17, 15) is 9.18 Å². The van der Waals surface area contributed by atoms with Gasteiger partial charge < -0.3 is 9.84 Å². The maximum atomic E-state index is 13.1. The first-order chi connectivity index (χ1) is 12.6. The molecule has 1 aromatic heterocycles. The van der Waals surface area contributed by atoms with Crippen LogP contribution in [-0.2, 0) is 17.6 Å². The second-order valence-electron chi connectivity index (χ2n) is 6.11. The number of benzene rings is 2. The van der Waals surface area contributed by atoms with Gasteiger partial charge in [0.05, 0.1) is 0 Å². The zero-order valence-electron chi connectivity index (χ0n) is 14.5. The molecule has 134 valence electrons. The highest BCUT2D eigenvalue weighted by Crippen LogP contribution is 2.16. The van der Waals surface area contributed by atoms with Gasteiger partial charge in [-0.25, -0.2) is 4.39 Å². The average molecular weight is 353 g/mol. The largest absolute Gasteiger partial charge is 0.356 e. The van der Waals surface area contributed by atoms with Crippen molar-refractivity contribution in [2.45, 2.75) is 26.2 Å². The van der Waals surface area contributed by atoms with Crippen LogP contribution in [0.25, 0.3) is 11.4 Å². The van der Waals surface area contributed by atoms with Crippen molar-refractivity contribution < 1.29 is 13.7 Å². The van der Waals surface area contributed by atoms with Gasteiger partial charge in [-0.2, -0.15) is 4.98 Å². The van der Waals surface area contributed by atoms with Crippen molar-refractivity contribution in [3.8, 4) is 11.4 Å². The lowest BCUT2D eigenvalue weighted by molar-refractivity contribution is -0.121. The predicted molar refractivity (Wildman–Crippen MR) is 95.9 cm³/mol. The minimum absolute atomic E-state index is 0.100. The van der Waals surface area contributed by atoms with Crippen LogP contribution in [0.5, 0.6) is 0 Å². The van der Waals surface area contributed by atoms with Gasteiger partial charge in [-0.05, 0) is 31.0 Å². The van der Waals surface area contributed by atoms with Crippen LogP contribution in [0.1, 0.15) is 23.4 Å². The third-order valence-electron chi connectivity index (χ3n) is 3.97. The Morgan fingerprint density at radius 1 is 1.15 bits per heavy atom. The molecule has 0 saturated heterocycles. The van der Waals surface area contributed by atoms with E-state index in [1.165, 1.54) is 12.1 Å². The summed E-state index contributed by atoms with van der Waals surface area (Å²) in [6.07, 6.45) is 1.23. The summed E-state index contributed by atoms with van der Waals surface area (Å²) in [6, 6.07) is 14.2. The van der Waals surface area contributed by atoms with Gasteiger partial charge in [0.15, 0.2) is 0 Å². The average Bonchev–Trinajstić information content (AvgIpc) is 3.10. The quantitative estimate of drug-likeness (QED) is 0.706. The molecule has 1 heterocycles. The third-order valence-corrected chi connectivity index (χ3v) is 3.97. The van der Waals surface area contributed by atoms with E-state index in [-0.39, 0.29) is 18.1 Å². The fourth-order valence-corrected chi connectivity index (χ4v) is 2.52. The first-order valence-electron chi connectivity index (χ1n) is 8.51. The van der Waals surface area contributed by atoms with E-state index in [1.807, 2.05) is 37.3 Å². The van der Waals surface area contributed by atoms with Gasteiger partial charge in [0.1, 0.15) is 5.82 Å². The molecule has 3 aromatic rings. The number of aryl methyl sites for hydroxylation is 2. The number of carbonyl (C=O) groups excluding carboxylic acids is 1. The summed E-state index contributed by atoms with van der Waals surface area (Å²) in [7, 11) is 0. The lowest BCUT2D eigenvalue weighted by Crippen LogP contribution is -2.25. The van der Waals surface area contributed by atoms with Crippen LogP contribution in [0.3, 0.4) is 0 Å². The molecule has 0 aliphatic carbocycles. The van der Waals surface area contributed by atoms with Crippen molar-refractivity contribution in [2.24, 2.45) is 0 Å². The zero-order chi connectivity index (χ0) is 18.4. The molecule has 0 radical (unpaired) electrons. The molecule has 5 nitrogen and oxygen atoms in total. The Balaban J connectivity index is 1.44. The number of hydrogen-bond acceptors (Lipinski definition) is 4. The van der Waals surface area contributed by atoms with Crippen LogP contribution >= 0.6 is 0 Å². The van der Waals surface area contributed by atoms with E-state index >= 15 is 0 Å². The number of aromatic nitrogens is 2. The Labute approximate surface area is 151 Å². The molecule has 0 aliphatic heterocycles. The van der Waals surface area contributed by atoms with Crippen molar-refractivity contribution >= 4 is 5.91 Å². The van der Waals surface area contributed by atoms with Crippen LogP contribution in [0.4, 0.5) is 4.39 Å². The molecule has 0 unspecified atom stereocenters. The standard InChI is InChI=1S/C20H20FN3O2/c1-14-5-7-16(8-6-14)20-23-19(26-24-20)10-9-18(25)22-12-11-15-3-2-4-17(21)13-15/h2-8,13H,9-12H2,1H3,(H,22,25). The molecule has 2 aromatic carbocycles. The fourth-order valence-electron chi connectivity index (χ4n) is 2.52. The minimum Gasteiger partial charge on any atom is -0.356 e. The molecule has 0 bridgehead atoms. The summed E-state index contributed by atoms with van der Waals surface area (Å²) < 4.78 is 18.3. The Morgan fingerprint density at radius 2 is 1.96 bits per heavy atom. The normalized spacial score (nSPS) is 10.7. The molecule has 1 amide bonds. The molecule has 0 atom stereocenters. The first-order valence-corrected chi connectivity index (χ1v) is 8.51. The van der Waals surface area contributed by atoms with Crippen LogP contribution in [0.15, 0.2) is 53.1 Å². The number of halogens is 1.